The van der Waals surface area contributed by atoms with Gasteiger partial charge in [0.15, 0.2) is 17.2 Å². The Morgan fingerprint density at radius 2 is 2.04 bits per heavy atom. The first kappa shape index (κ1) is 16.2. The summed E-state index contributed by atoms with van der Waals surface area (Å²) in [6, 6.07) is 9.42. The Hall–Kier alpha value is -2.67. The smallest absolute Gasteiger partial charge is 0.252 e. The number of ether oxygens (including phenoxy) is 1. The van der Waals surface area contributed by atoms with E-state index in [1.54, 1.807) is 6.92 Å². The van der Waals surface area contributed by atoms with Gasteiger partial charge in [-0.15, -0.1) is 0 Å². The Kier molecular flexibility index (Phi) is 4.90. The molecular formula is C17H20N4O3. The molecule has 0 unspecified atom stereocenters. The lowest BCUT2D eigenvalue weighted by atomic mass is 10.3. The fraction of sp³-hybridized carbons (Fsp3) is 0.353. The summed E-state index contributed by atoms with van der Waals surface area (Å²) in [4.78, 5) is 14.7. The highest BCUT2D eigenvalue weighted by Gasteiger charge is 2.18. The summed E-state index contributed by atoms with van der Waals surface area (Å²) in [6.45, 7) is 5.00. The molecule has 1 aromatic carbocycles. The quantitative estimate of drug-likeness (QED) is 0.711. The summed E-state index contributed by atoms with van der Waals surface area (Å²) >= 11 is 0. The molecular weight excluding hydrogens is 308 g/mol. The van der Waals surface area contributed by atoms with E-state index in [-0.39, 0.29) is 6.61 Å². The number of aromatic nitrogens is 3. The van der Waals surface area contributed by atoms with Crippen molar-refractivity contribution in [1.29, 1.82) is 0 Å². The zero-order chi connectivity index (χ0) is 16.9. The number of hydrogen-bond donors (Lipinski definition) is 1. The van der Waals surface area contributed by atoms with Gasteiger partial charge in [-0.05, 0) is 19.1 Å². The number of hydrogen-bond acceptors (Lipinski definition) is 7. The number of fused-ring (bicyclic) bond motifs is 1. The monoisotopic (exact) mass is 328 g/mol. The molecule has 0 aliphatic rings. The van der Waals surface area contributed by atoms with Gasteiger partial charge in [-0.2, -0.15) is 4.98 Å². The Labute approximate surface area is 139 Å². The van der Waals surface area contributed by atoms with Crippen LogP contribution in [0.1, 0.15) is 12.8 Å². The van der Waals surface area contributed by atoms with Crippen LogP contribution in [0.5, 0.6) is 5.75 Å². The third kappa shape index (κ3) is 3.62. The van der Waals surface area contributed by atoms with Crippen LogP contribution in [0.3, 0.4) is 0 Å². The maximum Gasteiger partial charge on any atom is 0.252 e. The van der Waals surface area contributed by atoms with E-state index in [1.807, 2.05) is 42.2 Å². The Balaban J connectivity index is 1.69. The summed E-state index contributed by atoms with van der Waals surface area (Å²) < 4.78 is 11.0. The molecule has 0 aliphatic carbocycles. The minimum Gasteiger partial charge on any atom is -0.491 e. The molecule has 2 heterocycles. The number of nitrogens with zero attached hydrogens (tertiary/aromatic N) is 4. The van der Waals surface area contributed by atoms with Gasteiger partial charge in [-0.1, -0.05) is 18.2 Å². The molecule has 3 aromatic rings. The van der Waals surface area contributed by atoms with Crippen LogP contribution in [0.4, 0.5) is 5.82 Å². The van der Waals surface area contributed by atoms with E-state index in [9.17, 15) is 5.11 Å². The minimum absolute atomic E-state index is 0.201. The number of aryl methyl sites for hydroxylation is 1. The van der Waals surface area contributed by atoms with E-state index in [0.717, 1.165) is 5.75 Å². The lowest BCUT2D eigenvalue weighted by Crippen LogP contribution is -2.36. The molecule has 0 bridgehead atoms. The van der Waals surface area contributed by atoms with E-state index < -0.39 is 6.10 Å². The van der Waals surface area contributed by atoms with Crippen molar-refractivity contribution in [1.82, 2.24) is 15.0 Å². The SMILES string of the molecule is CCN(C[C@H](O)COc1ccccc1)c1ncnc2oc(C)nc12. The molecule has 24 heavy (non-hydrogen) atoms. The fourth-order valence-electron chi connectivity index (χ4n) is 2.46. The van der Waals surface area contributed by atoms with Crippen molar-refractivity contribution in [3.8, 4) is 5.75 Å². The van der Waals surface area contributed by atoms with Gasteiger partial charge in [0.05, 0.1) is 0 Å². The summed E-state index contributed by atoms with van der Waals surface area (Å²) in [5.74, 6) is 1.92. The van der Waals surface area contributed by atoms with Gasteiger partial charge >= 0.3 is 0 Å². The molecule has 0 spiro atoms. The number of para-hydroxylation sites is 1. The number of likely N-dealkylation sites (N-methyl/N-ethyl adjacent to an activating group) is 1. The number of benzene rings is 1. The largest absolute Gasteiger partial charge is 0.491 e. The number of rotatable bonds is 7. The average Bonchev–Trinajstić information content (AvgIpc) is 2.99. The lowest BCUT2D eigenvalue weighted by molar-refractivity contribution is 0.112. The molecule has 1 N–H and O–H groups in total. The van der Waals surface area contributed by atoms with E-state index in [2.05, 4.69) is 15.0 Å². The van der Waals surface area contributed by atoms with E-state index in [0.29, 0.717) is 36.0 Å². The zero-order valence-electron chi connectivity index (χ0n) is 13.7. The molecule has 0 radical (unpaired) electrons. The molecule has 0 aliphatic heterocycles. The van der Waals surface area contributed by atoms with Crippen molar-refractivity contribution in [2.75, 3.05) is 24.6 Å². The highest BCUT2D eigenvalue weighted by molar-refractivity contribution is 5.81. The van der Waals surface area contributed by atoms with Crippen molar-refractivity contribution in [3.05, 3.63) is 42.5 Å². The molecule has 3 rings (SSSR count). The van der Waals surface area contributed by atoms with Crippen LogP contribution in [0, 0.1) is 6.92 Å². The molecule has 7 heteroatoms. The maximum atomic E-state index is 10.3. The number of oxazole rings is 1. The van der Waals surface area contributed by atoms with Gasteiger partial charge in [0.2, 0.25) is 0 Å². The molecule has 7 nitrogen and oxygen atoms in total. The third-order valence-corrected chi connectivity index (χ3v) is 3.58. The van der Waals surface area contributed by atoms with E-state index in [4.69, 9.17) is 9.15 Å². The topological polar surface area (TPSA) is 84.5 Å². The molecule has 0 fully saturated rings. The van der Waals surface area contributed by atoms with Crippen LogP contribution >= 0.6 is 0 Å². The summed E-state index contributed by atoms with van der Waals surface area (Å²) in [7, 11) is 0. The van der Waals surface area contributed by atoms with Crippen LogP contribution in [-0.4, -0.2) is 45.9 Å². The first-order valence-corrected chi connectivity index (χ1v) is 7.86. The predicted octanol–water partition coefficient (Wildman–Crippen LogP) is 2.19. The second-order valence-corrected chi connectivity index (χ2v) is 5.40. The first-order chi connectivity index (χ1) is 11.7. The van der Waals surface area contributed by atoms with Gasteiger partial charge in [-0.3, -0.25) is 0 Å². The minimum atomic E-state index is -0.664. The molecule has 126 valence electrons. The second kappa shape index (κ2) is 7.27. The van der Waals surface area contributed by atoms with E-state index >= 15 is 0 Å². The summed E-state index contributed by atoms with van der Waals surface area (Å²) in [5.41, 5.74) is 1.05. The first-order valence-electron chi connectivity index (χ1n) is 7.86. The highest BCUT2D eigenvalue weighted by atomic mass is 16.5. The predicted molar refractivity (Wildman–Crippen MR) is 90.2 cm³/mol. The normalized spacial score (nSPS) is 12.3. The van der Waals surface area contributed by atoms with Crippen molar-refractivity contribution in [3.63, 3.8) is 0 Å². The standard InChI is InChI=1S/C17H20N4O3/c1-3-21(9-13(22)10-23-14-7-5-4-6-8-14)16-15-17(19-11-18-16)24-12(2)20-15/h4-8,11,13,22H,3,9-10H2,1-2H3/t13-/m0/s1. The van der Waals surface area contributed by atoms with Crippen molar-refractivity contribution in [2.45, 2.75) is 20.0 Å². The summed E-state index contributed by atoms with van der Waals surface area (Å²) in [6.07, 6.45) is 0.779. The van der Waals surface area contributed by atoms with Crippen molar-refractivity contribution in [2.24, 2.45) is 0 Å². The fourth-order valence-corrected chi connectivity index (χ4v) is 2.46. The lowest BCUT2D eigenvalue weighted by Gasteiger charge is -2.24. The van der Waals surface area contributed by atoms with Gasteiger partial charge in [0, 0.05) is 20.0 Å². The average molecular weight is 328 g/mol. The number of aliphatic hydroxyl groups is 1. The molecule has 0 saturated heterocycles. The Morgan fingerprint density at radius 3 is 2.79 bits per heavy atom. The van der Waals surface area contributed by atoms with Gasteiger partial charge in [-0.25, -0.2) is 9.97 Å². The number of anilines is 1. The summed E-state index contributed by atoms with van der Waals surface area (Å²) in [5, 5.41) is 10.3. The van der Waals surface area contributed by atoms with Crippen molar-refractivity contribution >= 4 is 17.0 Å². The Morgan fingerprint density at radius 1 is 1.25 bits per heavy atom. The molecule has 0 amide bonds. The van der Waals surface area contributed by atoms with Gasteiger partial charge < -0.3 is 19.2 Å². The van der Waals surface area contributed by atoms with E-state index in [1.165, 1.54) is 6.33 Å². The van der Waals surface area contributed by atoms with Crippen LogP contribution in [0.15, 0.2) is 41.1 Å². The maximum absolute atomic E-state index is 10.3. The van der Waals surface area contributed by atoms with Crippen LogP contribution < -0.4 is 9.64 Å². The molecule has 0 saturated carbocycles. The van der Waals surface area contributed by atoms with Gasteiger partial charge in [0.25, 0.3) is 5.71 Å². The van der Waals surface area contributed by atoms with Gasteiger partial charge in [0.1, 0.15) is 24.8 Å². The van der Waals surface area contributed by atoms with Crippen molar-refractivity contribution < 1.29 is 14.3 Å². The Bertz CT molecular complexity index is 791. The van der Waals surface area contributed by atoms with Crippen LogP contribution in [0.25, 0.3) is 11.2 Å². The third-order valence-electron chi connectivity index (χ3n) is 3.58. The van der Waals surface area contributed by atoms with Crippen LogP contribution in [0.2, 0.25) is 0 Å². The highest BCUT2D eigenvalue weighted by Crippen LogP contribution is 2.22. The molecule has 1 atom stereocenters. The van der Waals surface area contributed by atoms with Crippen LogP contribution in [-0.2, 0) is 0 Å². The molecule has 2 aromatic heterocycles. The zero-order valence-corrected chi connectivity index (χ0v) is 13.7. The number of aliphatic hydroxyl groups excluding tert-OH is 1. The second-order valence-electron chi connectivity index (χ2n) is 5.40.